The Morgan fingerprint density at radius 2 is 1.86 bits per heavy atom. The van der Waals surface area contributed by atoms with E-state index in [1.807, 2.05) is 20.8 Å². The Bertz CT molecular complexity index is 337. The lowest BCUT2D eigenvalue weighted by molar-refractivity contribution is -0.125. The van der Waals surface area contributed by atoms with Gasteiger partial charge in [0.2, 0.25) is 5.91 Å². The van der Waals surface area contributed by atoms with Gasteiger partial charge in [0.1, 0.15) is 0 Å². The highest BCUT2D eigenvalue weighted by molar-refractivity contribution is 5.82. The number of guanidine groups is 1. The number of hydrogen-bond donors (Lipinski definition) is 3. The molecule has 5 heteroatoms. The van der Waals surface area contributed by atoms with Crippen molar-refractivity contribution in [2.45, 2.75) is 66.8 Å². The van der Waals surface area contributed by atoms with Gasteiger partial charge in [-0.1, -0.05) is 26.7 Å². The van der Waals surface area contributed by atoms with E-state index in [1.54, 1.807) is 0 Å². The van der Waals surface area contributed by atoms with Crippen molar-refractivity contribution in [1.82, 2.24) is 10.6 Å². The number of nitrogens with zero attached hydrogens (tertiary/aromatic N) is 1. The van der Waals surface area contributed by atoms with Crippen LogP contribution < -0.4 is 16.4 Å². The summed E-state index contributed by atoms with van der Waals surface area (Å²) in [7, 11) is 0. The third kappa shape index (κ3) is 9.32. The van der Waals surface area contributed by atoms with Crippen LogP contribution in [0.5, 0.6) is 0 Å². The maximum Gasteiger partial charge on any atom is 0.224 e. The molecule has 0 radical (unpaired) electrons. The van der Waals surface area contributed by atoms with Crippen LogP contribution in [0.25, 0.3) is 0 Å². The number of carbonyl (C=O) groups excluding carboxylic acids is 1. The Hall–Kier alpha value is -1.26. The van der Waals surface area contributed by atoms with E-state index >= 15 is 0 Å². The Balaban J connectivity index is 4.43. The summed E-state index contributed by atoms with van der Waals surface area (Å²) in [6.07, 6.45) is 3.56. The molecular formula is C16H34N4O. The van der Waals surface area contributed by atoms with Gasteiger partial charge < -0.3 is 16.4 Å². The Morgan fingerprint density at radius 1 is 1.24 bits per heavy atom. The zero-order chi connectivity index (χ0) is 16.5. The monoisotopic (exact) mass is 298 g/mol. The van der Waals surface area contributed by atoms with E-state index in [1.165, 1.54) is 12.8 Å². The second-order valence-corrected chi connectivity index (χ2v) is 6.81. The molecule has 0 aromatic rings. The van der Waals surface area contributed by atoms with E-state index in [-0.39, 0.29) is 5.91 Å². The fourth-order valence-corrected chi connectivity index (χ4v) is 1.81. The summed E-state index contributed by atoms with van der Waals surface area (Å²) in [5, 5.41) is 6.60. The third-order valence-electron chi connectivity index (χ3n) is 3.45. The highest BCUT2D eigenvalue weighted by Crippen LogP contribution is 2.14. The molecule has 1 amide bonds. The van der Waals surface area contributed by atoms with Gasteiger partial charge in [-0.3, -0.25) is 9.79 Å². The Morgan fingerprint density at radius 3 is 2.33 bits per heavy atom. The van der Waals surface area contributed by atoms with Crippen LogP contribution in [0.1, 0.15) is 60.8 Å². The summed E-state index contributed by atoms with van der Waals surface area (Å²) >= 11 is 0. The van der Waals surface area contributed by atoms with Gasteiger partial charge in [-0.05, 0) is 40.0 Å². The summed E-state index contributed by atoms with van der Waals surface area (Å²) < 4.78 is 0. The van der Waals surface area contributed by atoms with E-state index in [0.29, 0.717) is 12.6 Å². The fraction of sp³-hybridized carbons (Fsp3) is 0.875. The molecule has 0 saturated carbocycles. The van der Waals surface area contributed by atoms with Gasteiger partial charge in [-0.15, -0.1) is 0 Å². The molecular weight excluding hydrogens is 264 g/mol. The van der Waals surface area contributed by atoms with E-state index in [2.05, 4.69) is 36.4 Å². The molecule has 5 nitrogen and oxygen atoms in total. The van der Waals surface area contributed by atoms with E-state index in [9.17, 15) is 4.79 Å². The van der Waals surface area contributed by atoms with Crippen LogP contribution in [0.2, 0.25) is 0 Å². The van der Waals surface area contributed by atoms with Crippen molar-refractivity contribution in [3.8, 4) is 0 Å². The molecule has 0 aliphatic heterocycles. The maximum absolute atomic E-state index is 11.3. The average Bonchev–Trinajstić information content (AvgIpc) is 2.35. The van der Waals surface area contributed by atoms with Crippen LogP contribution in [-0.2, 0) is 4.79 Å². The van der Waals surface area contributed by atoms with Crippen LogP contribution in [0.3, 0.4) is 0 Å². The summed E-state index contributed by atoms with van der Waals surface area (Å²) in [5.74, 6) is 1.17. The Labute approximate surface area is 130 Å². The molecule has 0 bridgehead atoms. The smallest absolute Gasteiger partial charge is 0.224 e. The first kappa shape index (κ1) is 19.7. The van der Waals surface area contributed by atoms with Gasteiger partial charge in [0, 0.05) is 12.6 Å². The second kappa shape index (κ2) is 9.64. The second-order valence-electron chi connectivity index (χ2n) is 6.81. The van der Waals surface area contributed by atoms with Crippen LogP contribution in [-0.4, -0.2) is 31.0 Å². The first-order valence-corrected chi connectivity index (χ1v) is 8.03. The van der Waals surface area contributed by atoms with Gasteiger partial charge in [-0.2, -0.15) is 0 Å². The van der Waals surface area contributed by atoms with Crippen molar-refractivity contribution in [3.63, 3.8) is 0 Å². The normalized spacial score (nSPS) is 14.1. The van der Waals surface area contributed by atoms with Crippen molar-refractivity contribution in [2.24, 2.45) is 22.1 Å². The molecule has 0 aliphatic carbocycles. The molecule has 0 aromatic heterocycles. The number of carbonyl (C=O) groups is 1. The van der Waals surface area contributed by atoms with Gasteiger partial charge in [0.15, 0.2) is 5.96 Å². The van der Waals surface area contributed by atoms with Crippen molar-refractivity contribution in [2.75, 3.05) is 13.1 Å². The minimum atomic E-state index is -0.622. The lowest BCUT2D eigenvalue weighted by atomic mass is 9.93. The van der Waals surface area contributed by atoms with Gasteiger partial charge in [0.05, 0.1) is 12.0 Å². The molecule has 21 heavy (non-hydrogen) atoms. The van der Waals surface area contributed by atoms with Crippen molar-refractivity contribution >= 4 is 11.9 Å². The number of hydrogen-bond acceptors (Lipinski definition) is 2. The van der Waals surface area contributed by atoms with Gasteiger partial charge in [0.25, 0.3) is 0 Å². The average molecular weight is 298 g/mol. The standard InChI is InChI=1S/C16H34N4O/c1-7-18-15(19-11-16(5,6)14(17)21)20-13(4)10-8-9-12(2)3/h12-13H,7-11H2,1-6H3,(H2,17,21)(H2,18,19,20). The summed E-state index contributed by atoms with van der Waals surface area (Å²) in [6.45, 7) is 13.5. The van der Waals surface area contributed by atoms with Crippen LogP contribution in [0.15, 0.2) is 4.99 Å². The molecule has 4 N–H and O–H groups in total. The number of nitrogens with two attached hydrogens (primary N) is 1. The molecule has 124 valence electrons. The zero-order valence-electron chi connectivity index (χ0n) is 14.6. The third-order valence-corrected chi connectivity index (χ3v) is 3.45. The molecule has 0 rings (SSSR count). The molecule has 1 atom stereocenters. The minimum Gasteiger partial charge on any atom is -0.369 e. The molecule has 0 aliphatic rings. The van der Waals surface area contributed by atoms with Crippen LogP contribution >= 0.6 is 0 Å². The van der Waals surface area contributed by atoms with Crippen LogP contribution in [0, 0.1) is 11.3 Å². The number of nitrogens with one attached hydrogen (secondary N) is 2. The number of primary amides is 1. The minimum absolute atomic E-state index is 0.327. The van der Waals surface area contributed by atoms with Gasteiger partial charge >= 0.3 is 0 Å². The van der Waals surface area contributed by atoms with E-state index in [4.69, 9.17) is 5.73 Å². The summed E-state index contributed by atoms with van der Waals surface area (Å²) in [4.78, 5) is 15.8. The summed E-state index contributed by atoms with van der Waals surface area (Å²) in [5.41, 5.74) is 4.75. The molecule has 0 fully saturated rings. The lowest BCUT2D eigenvalue weighted by Gasteiger charge is -2.21. The number of aliphatic imine (C=N–C) groups is 1. The van der Waals surface area contributed by atoms with Crippen molar-refractivity contribution in [1.29, 1.82) is 0 Å². The Kier molecular flexibility index (Phi) is 9.06. The molecule has 0 aromatic carbocycles. The lowest BCUT2D eigenvalue weighted by Crippen LogP contribution is -2.43. The first-order chi connectivity index (χ1) is 9.69. The first-order valence-electron chi connectivity index (χ1n) is 8.03. The molecule has 0 heterocycles. The molecule has 0 spiro atoms. The van der Waals surface area contributed by atoms with Crippen molar-refractivity contribution < 1.29 is 4.79 Å². The van der Waals surface area contributed by atoms with Crippen molar-refractivity contribution in [3.05, 3.63) is 0 Å². The topological polar surface area (TPSA) is 79.5 Å². The van der Waals surface area contributed by atoms with Gasteiger partial charge in [-0.25, -0.2) is 0 Å². The number of amides is 1. The highest BCUT2D eigenvalue weighted by Gasteiger charge is 2.24. The maximum atomic E-state index is 11.3. The largest absolute Gasteiger partial charge is 0.369 e. The summed E-state index contributed by atoms with van der Waals surface area (Å²) in [6, 6.07) is 0.359. The molecule has 0 saturated heterocycles. The highest BCUT2D eigenvalue weighted by atomic mass is 16.1. The van der Waals surface area contributed by atoms with Crippen LogP contribution in [0.4, 0.5) is 0 Å². The van der Waals surface area contributed by atoms with E-state index in [0.717, 1.165) is 24.8 Å². The fourth-order valence-electron chi connectivity index (χ4n) is 1.81. The quantitative estimate of drug-likeness (QED) is 0.451. The number of rotatable bonds is 9. The van der Waals surface area contributed by atoms with E-state index < -0.39 is 5.41 Å². The predicted molar refractivity (Wildman–Crippen MR) is 90.2 cm³/mol. The SMILES string of the molecule is CCNC(=NCC(C)(C)C(N)=O)NC(C)CCCC(C)C. The molecule has 1 unspecified atom stereocenters. The predicted octanol–water partition coefficient (Wildman–Crippen LogP) is 2.27. The zero-order valence-corrected chi connectivity index (χ0v) is 14.6.